The second kappa shape index (κ2) is 1.64. The summed E-state index contributed by atoms with van der Waals surface area (Å²) in [5, 5.41) is 0. The van der Waals surface area contributed by atoms with Gasteiger partial charge >= 0.3 is 0 Å². The van der Waals surface area contributed by atoms with Crippen molar-refractivity contribution < 1.29 is 9.47 Å². The number of rotatable bonds is 1. The molecule has 0 aromatic carbocycles. The van der Waals surface area contributed by atoms with E-state index in [1.807, 2.05) is 0 Å². The fraction of sp³-hybridized carbons (Fsp3) is 1.00. The lowest BCUT2D eigenvalue weighted by molar-refractivity contribution is -0.0223. The lowest BCUT2D eigenvalue weighted by Crippen LogP contribution is -2.17. The SMILES string of the molecule is COC1C[C@@]12CCC1(CC1)O2. The summed E-state index contributed by atoms with van der Waals surface area (Å²) < 4.78 is 11.3. The highest BCUT2D eigenvalue weighted by molar-refractivity contribution is 5.17. The van der Waals surface area contributed by atoms with Gasteiger partial charge in [0.15, 0.2) is 0 Å². The molecule has 0 amide bonds. The minimum absolute atomic E-state index is 0.186. The van der Waals surface area contributed by atoms with E-state index in [2.05, 4.69) is 0 Å². The Kier molecular flexibility index (Phi) is 0.961. The van der Waals surface area contributed by atoms with Crippen LogP contribution in [0, 0.1) is 0 Å². The zero-order valence-corrected chi connectivity index (χ0v) is 6.93. The number of hydrogen-bond donors (Lipinski definition) is 0. The van der Waals surface area contributed by atoms with Gasteiger partial charge in [0, 0.05) is 13.5 Å². The maximum atomic E-state index is 6.04. The van der Waals surface area contributed by atoms with Gasteiger partial charge in [0.25, 0.3) is 0 Å². The summed E-state index contributed by atoms with van der Waals surface area (Å²) in [4.78, 5) is 0. The third kappa shape index (κ3) is 0.744. The van der Waals surface area contributed by atoms with E-state index in [0.717, 1.165) is 6.42 Å². The Labute approximate surface area is 66.9 Å². The van der Waals surface area contributed by atoms with E-state index in [4.69, 9.17) is 9.47 Å². The Balaban J connectivity index is 1.74. The molecule has 2 saturated carbocycles. The van der Waals surface area contributed by atoms with Crippen LogP contribution in [0.5, 0.6) is 0 Å². The highest BCUT2D eigenvalue weighted by Gasteiger charge is 2.67. The van der Waals surface area contributed by atoms with E-state index in [9.17, 15) is 0 Å². The summed E-state index contributed by atoms with van der Waals surface area (Å²) in [6, 6.07) is 0. The van der Waals surface area contributed by atoms with Crippen LogP contribution in [-0.4, -0.2) is 24.4 Å². The molecule has 11 heavy (non-hydrogen) atoms. The fourth-order valence-electron chi connectivity index (χ4n) is 2.39. The van der Waals surface area contributed by atoms with Crippen LogP contribution in [-0.2, 0) is 9.47 Å². The van der Waals surface area contributed by atoms with Crippen molar-refractivity contribution in [3.05, 3.63) is 0 Å². The standard InChI is InChI=1S/C9H14O2/c1-10-7-6-9(7)5-4-8(11-9)2-3-8/h7H,2-6H2,1H3/t7?,9-/m0/s1. The number of hydrogen-bond acceptors (Lipinski definition) is 2. The predicted molar refractivity (Wildman–Crippen MR) is 40.4 cm³/mol. The van der Waals surface area contributed by atoms with Gasteiger partial charge in [-0.15, -0.1) is 0 Å². The van der Waals surface area contributed by atoms with Crippen molar-refractivity contribution in [1.82, 2.24) is 0 Å². The Morgan fingerprint density at radius 1 is 1.27 bits per heavy atom. The van der Waals surface area contributed by atoms with Gasteiger partial charge in [-0.2, -0.15) is 0 Å². The zero-order valence-electron chi connectivity index (χ0n) is 6.93. The van der Waals surface area contributed by atoms with Crippen molar-refractivity contribution in [2.24, 2.45) is 0 Å². The van der Waals surface area contributed by atoms with Gasteiger partial charge in [-0.05, 0) is 25.7 Å². The van der Waals surface area contributed by atoms with Crippen LogP contribution < -0.4 is 0 Å². The van der Waals surface area contributed by atoms with Crippen molar-refractivity contribution >= 4 is 0 Å². The Morgan fingerprint density at radius 2 is 2.00 bits per heavy atom. The van der Waals surface area contributed by atoms with Crippen LogP contribution in [0.2, 0.25) is 0 Å². The molecule has 2 atom stereocenters. The lowest BCUT2D eigenvalue weighted by atomic mass is 10.1. The lowest BCUT2D eigenvalue weighted by Gasteiger charge is -2.10. The molecule has 1 heterocycles. The molecule has 3 rings (SSSR count). The minimum Gasteiger partial charge on any atom is -0.378 e. The summed E-state index contributed by atoms with van der Waals surface area (Å²) in [7, 11) is 1.79. The second-order valence-electron chi connectivity index (χ2n) is 4.28. The summed E-state index contributed by atoms with van der Waals surface area (Å²) >= 11 is 0. The van der Waals surface area contributed by atoms with Gasteiger partial charge in [-0.25, -0.2) is 0 Å². The molecule has 62 valence electrons. The highest BCUT2D eigenvalue weighted by atomic mass is 16.6. The maximum absolute atomic E-state index is 6.04. The topological polar surface area (TPSA) is 18.5 Å². The molecule has 0 N–H and O–H groups in total. The molecular formula is C9H14O2. The monoisotopic (exact) mass is 154 g/mol. The van der Waals surface area contributed by atoms with Gasteiger partial charge in [-0.3, -0.25) is 0 Å². The van der Waals surface area contributed by atoms with E-state index in [1.165, 1.54) is 25.7 Å². The molecule has 1 aliphatic heterocycles. The molecule has 0 aromatic rings. The van der Waals surface area contributed by atoms with Crippen molar-refractivity contribution in [1.29, 1.82) is 0 Å². The molecule has 1 saturated heterocycles. The third-order valence-corrected chi connectivity index (χ3v) is 3.47. The summed E-state index contributed by atoms with van der Waals surface area (Å²) in [5.74, 6) is 0. The molecule has 1 unspecified atom stereocenters. The van der Waals surface area contributed by atoms with Crippen LogP contribution in [0.1, 0.15) is 32.1 Å². The van der Waals surface area contributed by atoms with Gasteiger partial charge in [0.1, 0.15) is 0 Å². The maximum Gasteiger partial charge on any atom is 0.0978 e. The van der Waals surface area contributed by atoms with E-state index < -0.39 is 0 Å². The largest absolute Gasteiger partial charge is 0.378 e. The Hall–Kier alpha value is -0.0800. The fourth-order valence-corrected chi connectivity index (χ4v) is 2.39. The van der Waals surface area contributed by atoms with Gasteiger partial charge in [0.05, 0.1) is 17.3 Å². The molecule has 2 spiro atoms. The number of methoxy groups -OCH3 is 1. The quantitative estimate of drug-likeness (QED) is 0.569. The van der Waals surface area contributed by atoms with E-state index in [0.29, 0.717) is 11.7 Å². The van der Waals surface area contributed by atoms with Crippen molar-refractivity contribution in [3.63, 3.8) is 0 Å². The van der Waals surface area contributed by atoms with Gasteiger partial charge < -0.3 is 9.47 Å². The zero-order chi connectivity index (χ0) is 7.53. The molecule has 0 aromatic heterocycles. The number of ether oxygens (including phenoxy) is 2. The first kappa shape index (κ1) is 6.44. The Morgan fingerprint density at radius 3 is 2.45 bits per heavy atom. The summed E-state index contributed by atoms with van der Waals surface area (Å²) in [6.45, 7) is 0. The average Bonchev–Trinajstić information content (AvgIpc) is 2.81. The smallest absolute Gasteiger partial charge is 0.0978 e. The molecular weight excluding hydrogens is 140 g/mol. The van der Waals surface area contributed by atoms with E-state index >= 15 is 0 Å². The molecule has 0 radical (unpaired) electrons. The van der Waals surface area contributed by atoms with Crippen LogP contribution >= 0.6 is 0 Å². The van der Waals surface area contributed by atoms with Gasteiger partial charge in [0.2, 0.25) is 0 Å². The summed E-state index contributed by atoms with van der Waals surface area (Å²) in [5.41, 5.74) is 0.526. The van der Waals surface area contributed by atoms with Crippen molar-refractivity contribution in [2.75, 3.05) is 7.11 Å². The van der Waals surface area contributed by atoms with E-state index in [1.54, 1.807) is 7.11 Å². The first-order valence-corrected chi connectivity index (χ1v) is 4.52. The van der Waals surface area contributed by atoms with Crippen LogP contribution in [0.4, 0.5) is 0 Å². The predicted octanol–water partition coefficient (Wildman–Crippen LogP) is 1.49. The first-order valence-electron chi connectivity index (χ1n) is 4.52. The normalized spacial score (nSPS) is 50.5. The molecule has 2 heteroatoms. The van der Waals surface area contributed by atoms with E-state index in [-0.39, 0.29) is 5.60 Å². The molecule has 3 aliphatic rings. The summed E-state index contributed by atoms with van der Waals surface area (Å²) in [6.07, 6.45) is 6.68. The second-order valence-corrected chi connectivity index (χ2v) is 4.28. The van der Waals surface area contributed by atoms with Gasteiger partial charge in [-0.1, -0.05) is 0 Å². The third-order valence-electron chi connectivity index (χ3n) is 3.47. The van der Waals surface area contributed by atoms with Crippen LogP contribution in [0.15, 0.2) is 0 Å². The molecule has 0 bridgehead atoms. The molecule has 2 aliphatic carbocycles. The van der Waals surface area contributed by atoms with Crippen molar-refractivity contribution in [3.8, 4) is 0 Å². The van der Waals surface area contributed by atoms with Crippen LogP contribution in [0.3, 0.4) is 0 Å². The minimum atomic E-state index is 0.186. The van der Waals surface area contributed by atoms with Crippen LogP contribution in [0.25, 0.3) is 0 Å². The molecule has 3 fully saturated rings. The average molecular weight is 154 g/mol. The highest BCUT2D eigenvalue weighted by Crippen LogP contribution is 2.62. The van der Waals surface area contributed by atoms with Crippen molar-refractivity contribution in [2.45, 2.75) is 49.4 Å². The first-order chi connectivity index (χ1) is 5.29. The Bertz CT molecular complexity index is 198. The molecule has 2 nitrogen and oxygen atoms in total.